The molecule has 2 aromatic rings. The highest BCUT2D eigenvalue weighted by atomic mass is 15.3. The molecular weight excluding hydrogens is 218 g/mol. The van der Waals surface area contributed by atoms with Gasteiger partial charge in [0.1, 0.15) is 0 Å². The van der Waals surface area contributed by atoms with E-state index in [0.29, 0.717) is 24.4 Å². The van der Waals surface area contributed by atoms with Crippen LogP contribution in [0.25, 0.3) is 0 Å². The van der Waals surface area contributed by atoms with E-state index in [1.807, 2.05) is 18.3 Å². The Morgan fingerprint density at radius 3 is 2.24 bits per heavy atom. The van der Waals surface area contributed by atoms with Crippen LogP contribution in [-0.2, 0) is 6.54 Å². The maximum atomic E-state index is 4.20. The second-order valence-corrected chi connectivity index (χ2v) is 3.36. The van der Waals surface area contributed by atoms with Crippen LogP contribution >= 0.6 is 0 Å². The molecule has 0 fully saturated rings. The van der Waals surface area contributed by atoms with Crippen molar-refractivity contribution in [3.8, 4) is 0 Å². The Morgan fingerprint density at radius 1 is 1.06 bits per heavy atom. The van der Waals surface area contributed by atoms with Crippen molar-refractivity contribution in [2.45, 2.75) is 6.54 Å². The van der Waals surface area contributed by atoms with E-state index in [1.54, 1.807) is 14.1 Å². The summed E-state index contributed by atoms with van der Waals surface area (Å²) in [4.78, 5) is 15.6. The third-order valence-corrected chi connectivity index (χ3v) is 2.18. The summed E-state index contributed by atoms with van der Waals surface area (Å²) in [5, 5.41) is 8.89. The smallest absolute Gasteiger partial charge is 0.229 e. The van der Waals surface area contributed by atoms with Gasteiger partial charge in [0.05, 0.1) is 6.54 Å². The molecule has 0 saturated carbocycles. The van der Waals surface area contributed by atoms with E-state index < -0.39 is 0 Å². The van der Waals surface area contributed by atoms with Gasteiger partial charge in [0.2, 0.25) is 17.8 Å². The molecule has 2 aromatic heterocycles. The Morgan fingerprint density at radius 2 is 1.71 bits per heavy atom. The molecule has 7 heteroatoms. The van der Waals surface area contributed by atoms with E-state index in [9.17, 15) is 0 Å². The maximum absolute atomic E-state index is 4.20. The summed E-state index contributed by atoms with van der Waals surface area (Å²) in [6, 6.07) is 3.94. The summed E-state index contributed by atoms with van der Waals surface area (Å²) in [6.07, 6.45) is 1.88. The van der Waals surface area contributed by atoms with Gasteiger partial charge >= 0.3 is 0 Å². The summed E-state index contributed by atoms with van der Waals surface area (Å²) in [6.45, 7) is 0.642. The van der Waals surface area contributed by atoms with Crippen LogP contribution in [0.3, 0.4) is 0 Å². The molecule has 0 amide bonds. The predicted octanol–water partition coefficient (Wildman–Crippen LogP) is 0.895. The Balaban J connectivity index is 2.09. The van der Waals surface area contributed by atoms with Crippen LogP contribution in [0.15, 0.2) is 18.3 Å². The number of H-pyrrole nitrogens is 1. The van der Waals surface area contributed by atoms with Gasteiger partial charge in [-0.2, -0.15) is 15.0 Å². The van der Waals surface area contributed by atoms with Crippen molar-refractivity contribution < 1.29 is 0 Å². The Bertz CT molecular complexity index is 443. The van der Waals surface area contributed by atoms with Crippen molar-refractivity contribution in [1.29, 1.82) is 0 Å². The van der Waals surface area contributed by atoms with Crippen LogP contribution in [0, 0.1) is 0 Å². The normalized spacial score (nSPS) is 10.0. The van der Waals surface area contributed by atoms with Gasteiger partial charge in [-0.05, 0) is 12.1 Å². The van der Waals surface area contributed by atoms with E-state index >= 15 is 0 Å². The zero-order valence-electron chi connectivity index (χ0n) is 9.78. The minimum Gasteiger partial charge on any atom is -0.364 e. The van der Waals surface area contributed by atoms with Crippen molar-refractivity contribution in [2.75, 3.05) is 30.0 Å². The number of nitrogens with zero attached hydrogens (tertiary/aromatic N) is 3. The average molecular weight is 233 g/mol. The molecule has 2 rings (SSSR count). The van der Waals surface area contributed by atoms with Crippen LogP contribution < -0.4 is 16.0 Å². The fourth-order valence-electron chi connectivity index (χ4n) is 1.33. The van der Waals surface area contributed by atoms with Gasteiger partial charge in [-0.15, -0.1) is 0 Å². The second kappa shape index (κ2) is 5.15. The molecule has 2 heterocycles. The van der Waals surface area contributed by atoms with Gasteiger partial charge in [-0.25, -0.2) is 0 Å². The number of hydrogen-bond acceptors (Lipinski definition) is 6. The van der Waals surface area contributed by atoms with E-state index in [4.69, 9.17) is 0 Å². The van der Waals surface area contributed by atoms with Crippen molar-refractivity contribution in [3.63, 3.8) is 0 Å². The first-order valence-corrected chi connectivity index (χ1v) is 5.29. The highest BCUT2D eigenvalue weighted by Crippen LogP contribution is 2.09. The Kier molecular flexibility index (Phi) is 3.39. The molecule has 4 N–H and O–H groups in total. The molecule has 0 unspecified atom stereocenters. The molecule has 0 saturated heterocycles. The second-order valence-electron chi connectivity index (χ2n) is 3.36. The third kappa shape index (κ3) is 2.83. The number of aromatic amines is 1. The summed E-state index contributed by atoms with van der Waals surface area (Å²) < 4.78 is 0. The highest BCUT2D eigenvalue weighted by molar-refractivity contribution is 5.41. The summed E-state index contributed by atoms with van der Waals surface area (Å²) in [5.41, 5.74) is 1.07. The van der Waals surface area contributed by atoms with Crippen LogP contribution in [0.5, 0.6) is 0 Å². The van der Waals surface area contributed by atoms with E-state index in [-0.39, 0.29) is 0 Å². The molecule has 0 spiro atoms. The van der Waals surface area contributed by atoms with Crippen molar-refractivity contribution >= 4 is 17.8 Å². The zero-order valence-corrected chi connectivity index (χ0v) is 9.78. The fraction of sp³-hybridized carbons (Fsp3) is 0.300. The standard InChI is InChI=1S/C10H15N7/c1-11-8-15-9(12-2)17-10(16-8)14-6-7-4-3-5-13-7/h3-5,13H,6H2,1-2H3,(H3,11,12,14,15,16,17). The maximum Gasteiger partial charge on any atom is 0.229 e. The molecule has 0 bridgehead atoms. The SMILES string of the molecule is CNc1nc(NC)nc(NCc2ccc[nH]2)n1. The molecule has 90 valence electrons. The summed E-state index contributed by atoms with van der Waals surface area (Å²) >= 11 is 0. The van der Waals surface area contributed by atoms with Crippen molar-refractivity contribution in [2.24, 2.45) is 0 Å². The molecule has 0 aliphatic rings. The van der Waals surface area contributed by atoms with Crippen molar-refractivity contribution in [1.82, 2.24) is 19.9 Å². The van der Waals surface area contributed by atoms with Gasteiger partial charge < -0.3 is 20.9 Å². The van der Waals surface area contributed by atoms with E-state index in [2.05, 4.69) is 35.9 Å². The van der Waals surface area contributed by atoms with Gasteiger partial charge in [0.25, 0.3) is 0 Å². The molecule has 0 radical (unpaired) electrons. The number of hydrogen-bond donors (Lipinski definition) is 4. The molecule has 17 heavy (non-hydrogen) atoms. The first kappa shape index (κ1) is 11.2. The van der Waals surface area contributed by atoms with Crippen LogP contribution in [-0.4, -0.2) is 34.0 Å². The number of rotatable bonds is 5. The van der Waals surface area contributed by atoms with Gasteiger partial charge in [0.15, 0.2) is 0 Å². The monoisotopic (exact) mass is 233 g/mol. The fourth-order valence-corrected chi connectivity index (χ4v) is 1.33. The highest BCUT2D eigenvalue weighted by Gasteiger charge is 2.03. The first-order chi connectivity index (χ1) is 8.31. The molecule has 0 aliphatic heterocycles. The Labute approximate surface area is 99.1 Å². The molecule has 0 aliphatic carbocycles. The summed E-state index contributed by atoms with van der Waals surface area (Å²) in [7, 11) is 3.53. The van der Waals surface area contributed by atoms with Crippen LogP contribution in [0.1, 0.15) is 5.69 Å². The molecule has 0 atom stereocenters. The first-order valence-electron chi connectivity index (χ1n) is 5.29. The van der Waals surface area contributed by atoms with Crippen LogP contribution in [0.2, 0.25) is 0 Å². The number of anilines is 3. The minimum absolute atomic E-state index is 0.526. The third-order valence-electron chi connectivity index (χ3n) is 2.18. The minimum atomic E-state index is 0.526. The zero-order chi connectivity index (χ0) is 12.1. The lowest BCUT2D eigenvalue weighted by Gasteiger charge is -2.07. The number of nitrogens with one attached hydrogen (secondary N) is 4. The van der Waals surface area contributed by atoms with Gasteiger partial charge in [0, 0.05) is 26.0 Å². The molecule has 7 nitrogen and oxygen atoms in total. The average Bonchev–Trinajstić information content (AvgIpc) is 2.89. The van der Waals surface area contributed by atoms with Gasteiger partial charge in [-0.1, -0.05) is 0 Å². The molecule has 0 aromatic carbocycles. The number of aromatic nitrogens is 4. The summed E-state index contributed by atoms with van der Waals surface area (Å²) in [5.74, 6) is 1.58. The lowest BCUT2D eigenvalue weighted by atomic mass is 10.4. The quantitative estimate of drug-likeness (QED) is 0.613. The van der Waals surface area contributed by atoms with E-state index in [0.717, 1.165) is 5.69 Å². The largest absolute Gasteiger partial charge is 0.364 e. The lowest BCUT2D eigenvalue weighted by Crippen LogP contribution is -2.09. The molecular formula is C10H15N7. The van der Waals surface area contributed by atoms with Crippen molar-refractivity contribution in [3.05, 3.63) is 24.0 Å². The van der Waals surface area contributed by atoms with E-state index in [1.165, 1.54) is 0 Å². The Hall–Kier alpha value is -2.31. The lowest BCUT2D eigenvalue weighted by molar-refractivity contribution is 0.985. The van der Waals surface area contributed by atoms with Gasteiger partial charge in [-0.3, -0.25) is 0 Å². The van der Waals surface area contributed by atoms with Crippen LogP contribution in [0.4, 0.5) is 17.8 Å². The predicted molar refractivity (Wildman–Crippen MR) is 67.0 cm³/mol. The topological polar surface area (TPSA) is 90.5 Å².